The fraction of sp³-hybridized carbons (Fsp3) is 0.769. The van der Waals surface area contributed by atoms with E-state index in [0.717, 1.165) is 18.6 Å². The maximum Gasteiger partial charge on any atom is 0.329 e. The van der Waals surface area contributed by atoms with Crippen LogP contribution in [-0.4, -0.2) is 23.6 Å². The summed E-state index contributed by atoms with van der Waals surface area (Å²) >= 11 is 0. The number of amides is 2. The molecule has 102 valence electrons. The molecule has 2 N–H and O–H groups in total. The molecule has 0 radical (unpaired) electrons. The van der Waals surface area contributed by atoms with Crippen molar-refractivity contribution >= 4 is 17.5 Å². The largest absolute Gasteiger partial charge is 0.346 e. The Balaban J connectivity index is 2.41. The molecule has 0 aliphatic heterocycles. The van der Waals surface area contributed by atoms with Crippen LogP contribution in [0.3, 0.4) is 0 Å². The average Bonchev–Trinajstić information content (AvgIpc) is 2.35. The fourth-order valence-corrected chi connectivity index (χ4v) is 2.13. The second-order valence-corrected chi connectivity index (χ2v) is 5.16. The molecule has 2 amide bonds. The topological polar surface area (TPSA) is 70.6 Å². The van der Waals surface area contributed by atoms with E-state index in [1.54, 1.807) is 0 Å². The highest BCUT2D eigenvalue weighted by Crippen LogP contribution is 2.24. The van der Waals surface area contributed by atoms with Crippen molar-refractivity contribution in [1.29, 1.82) is 0 Å². The van der Waals surface area contributed by atoms with Gasteiger partial charge >= 0.3 is 11.8 Å². The monoisotopic (exact) mass is 253 g/mol. The highest BCUT2D eigenvalue weighted by Gasteiger charge is 2.17. The molecule has 1 fully saturated rings. The number of rotatable bonds is 3. The van der Waals surface area contributed by atoms with E-state index in [4.69, 9.17) is 0 Å². The molecule has 1 aliphatic carbocycles. The third-order valence-corrected chi connectivity index (χ3v) is 3.16. The number of nitrogens with one attached hydrogen (secondary N) is 2. The van der Waals surface area contributed by atoms with Crippen LogP contribution in [0.5, 0.6) is 0 Å². The van der Waals surface area contributed by atoms with Crippen LogP contribution in [0.1, 0.15) is 52.9 Å². The Kier molecular flexibility index (Phi) is 5.82. The number of carbonyl (C=O) groups is 2. The van der Waals surface area contributed by atoms with Crippen molar-refractivity contribution in [3.05, 3.63) is 0 Å². The lowest BCUT2D eigenvalue weighted by Gasteiger charge is -2.21. The summed E-state index contributed by atoms with van der Waals surface area (Å²) in [6.07, 6.45) is 5.98. The van der Waals surface area contributed by atoms with Crippen LogP contribution in [0.25, 0.3) is 0 Å². The van der Waals surface area contributed by atoms with Crippen molar-refractivity contribution in [2.24, 2.45) is 11.0 Å². The predicted molar refractivity (Wildman–Crippen MR) is 71.1 cm³/mol. The summed E-state index contributed by atoms with van der Waals surface area (Å²) in [7, 11) is 0. The van der Waals surface area contributed by atoms with Crippen LogP contribution >= 0.6 is 0 Å². The van der Waals surface area contributed by atoms with Gasteiger partial charge in [0.15, 0.2) is 0 Å². The Morgan fingerprint density at radius 3 is 2.28 bits per heavy atom. The van der Waals surface area contributed by atoms with E-state index in [0.29, 0.717) is 5.92 Å². The normalized spacial score (nSPS) is 17.7. The summed E-state index contributed by atoms with van der Waals surface area (Å²) in [5.74, 6) is -0.878. The molecule has 0 spiro atoms. The zero-order valence-corrected chi connectivity index (χ0v) is 11.5. The molecule has 0 bridgehead atoms. The van der Waals surface area contributed by atoms with Crippen LogP contribution in [-0.2, 0) is 9.59 Å². The van der Waals surface area contributed by atoms with Gasteiger partial charge in [-0.15, -0.1) is 0 Å². The summed E-state index contributed by atoms with van der Waals surface area (Å²) < 4.78 is 0. The van der Waals surface area contributed by atoms with E-state index in [-0.39, 0.29) is 6.04 Å². The Morgan fingerprint density at radius 1 is 1.11 bits per heavy atom. The molecular formula is C13H23N3O2. The highest BCUT2D eigenvalue weighted by atomic mass is 16.2. The minimum Gasteiger partial charge on any atom is -0.346 e. The van der Waals surface area contributed by atoms with E-state index in [1.165, 1.54) is 19.3 Å². The lowest BCUT2D eigenvalue weighted by atomic mass is 9.86. The molecule has 5 heteroatoms. The first-order valence-electron chi connectivity index (χ1n) is 6.65. The Labute approximate surface area is 108 Å². The van der Waals surface area contributed by atoms with Crippen molar-refractivity contribution in [1.82, 2.24) is 10.7 Å². The first kappa shape index (κ1) is 14.7. The average molecular weight is 253 g/mol. The highest BCUT2D eigenvalue weighted by molar-refractivity contribution is 6.35. The van der Waals surface area contributed by atoms with E-state index >= 15 is 0 Å². The van der Waals surface area contributed by atoms with E-state index in [9.17, 15) is 9.59 Å². The Hall–Kier alpha value is -1.39. The van der Waals surface area contributed by atoms with Gasteiger partial charge in [0.1, 0.15) is 0 Å². The molecule has 0 aromatic heterocycles. The summed E-state index contributed by atoms with van der Waals surface area (Å²) in [5, 5.41) is 6.56. The molecular weight excluding hydrogens is 230 g/mol. The SMILES string of the molecule is CC(=NNC(=O)C(=O)NC(C)C)C1CCCCC1. The molecule has 5 nitrogen and oxygen atoms in total. The third kappa shape index (κ3) is 4.85. The smallest absolute Gasteiger partial charge is 0.329 e. The van der Waals surface area contributed by atoms with Gasteiger partial charge in [0.05, 0.1) is 0 Å². The molecule has 1 aliphatic rings. The Bertz CT molecular complexity index is 331. The Morgan fingerprint density at radius 2 is 1.72 bits per heavy atom. The third-order valence-electron chi connectivity index (χ3n) is 3.16. The second-order valence-electron chi connectivity index (χ2n) is 5.16. The van der Waals surface area contributed by atoms with Gasteiger partial charge in [0.25, 0.3) is 0 Å². The number of hydrogen-bond acceptors (Lipinski definition) is 3. The number of hydrazone groups is 1. The molecule has 0 aromatic rings. The zero-order valence-electron chi connectivity index (χ0n) is 11.5. The fourth-order valence-electron chi connectivity index (χ4n) is 2.13. The summed E-state index contributed by atoms with van der Waals surface area (Å²) in [6.45, 7) is 5.53. The molecule has 0 unspecified atom stereocenters. The second kappa shape index (κ2) is 7.13. The zero-order chi connectivity index (χ0) is 13.5. The van der Waals surface area contributed by atoms with Crippen molar-refractivity contribution in [2.75, 3.05) is 0 Å². The van der Waals surface area contributed by atoms with Gasteiger partial charge in [0.2, 0.25) is 0 Å². The lowest BCUT2D eigenvalue weighted by molar-refractivity contribution is -0.139. The van der Waals surface area contributed by atoms with Crippen LogP contribution in [0.2, 0.25) is 0 Å². The van der Waals surface area contributed by atoms with Crippen LogP contribution in [0, 0.1) is 5.92 Å². The van der Waals surface area contributed by atoms with Gasteiger partial charge in [-0.25, -0.2) is 5.43 Å². The number of nitrogens with zero attached hydrogens (tertiary/aromatic N) is 1. The molecule has 0 atom stereocenters. The van der Waals surface area contributed by atoms with Crippen molar-refractivity contribution < 1.29 is 9.59 Å². The maximum absolute atomic E-state index is 11.4. The van der Waals surface area contributed by atoms with E-state index in [2.05, 4.69) is 15.8 Å². The summed E-state index contributed by atoms with van der Waals surface area (Å²) in [4.78, 5) is 22.8. The van der Waals surface area contributed by atoms with Crippen LogP contribution in [0.15, 0.2) is 5.10 Å². The van der Waals surface area contributed by atoms with Crippen LogP contribution < -0.4 is 10.7 Å². The predicted octanol–water partition coefficient (Wildman–Crippen LogP) is 1.58. The molecule has 1 rings (SSSR count). The van der Waals surface area contributed by atoms with E-state index < -0.39 is 11.8 Å². The minimum absolute atomic E-state index is 0.0494. The van der Waals surface area contributed by atoms with Gasteiger partial charge in [0, 0.05) is 11.8 Å². The van der Waals surface area contributed by atoms with Crippen molar-refractivity contribution in [3.8, 4) is 0 Å². The molecule has 0 heterocycles. The van der Waals surface area contributed by atoms with Gasteiger partial charge in [-0.3, -0.25) is 9.59 Å². The standard InChI is InChI=1S/C13H23N3O2/c1-9(2)14-12(17)13(18)16-15-10(3)11-7-5-4-6-8-11/h9,11H,4-8H2,1-3H3,(H,14,17)(H,16,18). The maximum atomic E-state index is 11.4. The van der Waals surface area contributed by atoms with Gasteiger partial charge in [-0.1, -0.05) is 19.3 Å². The van der Waals surface area contributed by atoms with Crippen molar-refractivity contribution in [2.45, 2.75) is 58.9 Å². The quantitative estimate of drug-likeness (QED) is 0.455. The molecule has 1 saturated carbocycles. The molecule has 0 aromatic carbocycles. The number of hydrogen-bond donors (Lipinski definition) is 2. The van der Waals surface area contributed by atoms with Crippen molar-refractivity contribution in [3.63, 3.8) is 0 Å². The van der Waals surface area contributed by atoms with E-state index in [1.807, 2.05) is 20.8 Å². The number of carbonyl (C=O) groups excluding carboxylic acids is 2. The summed E-state index contributed by atoms with van der Waals surface area (Å²) in [6, 6.07) is -0.0494. The van der Waals surface area contributed by atoms with Gasteiger partial charge in [-0.05, 0) is 39.5 Å². The summed E-state index contributed by atoms with van der Waals surface area (Å²) in [5.41, 5.74) is 3.24. The van der Waals surface area contributed by atoms with Crippen LogP contribution in [0.4, 0.5) is 0 Å². The van der Waals surface area contributed by atoms with Gasteiger partial charge < -0.3 is 5.32 Å². The first-order valence-corrected chi connectivity index (χ1v) is 6.65. The minimum atomic E-state index is -0.696. The molecule has 18 heavy (non-hydrogen) atoms. The molecule has 0 saturated heterocycles. The first-order chi connectivity index (χ1) is 8.50. The van der Waals surface area contributed by atoms with Gasteiger partial charge in [-0.2, -0.15) is 5.10 Å². The lowest BCUT2D eigenvalue weighted by Crippen LogP contribution is -2.41.